The zero-order valence-electron chi connectivity index (χ0n) is 8.44. The molecule has 2 aromatic rings. The number of hydrogen-bond donors (Lipinski definition) is 1. The Hall–Kier alpha value is -1.42. The second-order valence-corrected chi connectivity index (χ2v) is 3.49. The van der Waals surface area contributed by atoms with Crippen LogP contribution < -0.4 is 5.32 Å². The average molecular weight is 190 g/mol. The lowest BCUT2D eigenvalue weighted by Crippen LogP contribution is -2.23. The van der Waals surface area contributed by atoms with Crippen LogP contribution in [0.4, 0.5) is 0 Å². The van der Waals surface area contributed by atoms with Crippen LogP contribution in [-0.4, -0.2) is 27.7 Å². The van der Waals surface area contributed by atoms with Crippen molar-refractivity contribution in [1.29, 1.82) is 0 Å². The van der Waals surface area contributed by atoms with Gasteiger partial charge in [-0.3, -0.25) is 0 Å². The number of aromatic nitrogens is 3. The molecule has 2 rings (SSSR count). The van der Waals surface area contributed by atoms with Crippen molar-refractivity contribution in [3.05, 3.63) is 30.2 Å². The van der Waals surface area contributed by atoms with Gasteiger partial charge < -0.3 is 5.32 Å². The van der Waals surface area contributed by atoms with Crippen LogP contribution in [0.3, 0.4) is 0 Å². The summed E-state index contributed by atoms with van der Waals surface area (Å²) in [5.41, 5.74) is 2.16. The second-order valence-electron chi connectivity index (χ2n) is 3.49. The third kappa shape index (κ3) is 1.75. The summed E-state index contributed by atoms with van der Waals surface area (Å²) < 4.78 is 1.80. The van der Waals surface area contributed by atoms with Crippen LogP contribution in [0.2, 0.25) is 0 Å². The molecule has 0 aliphatic rings. The van der Waals surface area contributed by atoms with Crippen molar-refractivity contribution in [3.8, 4) is 0 Å². The van der Waals surface area contributed by atoms with Crippen molar-refractivity contribution in [2.75, 3.05) is 7.05 Å². The van der Waals surface area contributed by atoms with Gasteiger partial charge >= 0.3 is 0 Å². The fourth-order valence-electron chi connectivity index (χ4n) is 1.44. The quantitative estimate of drug-likeness (QED) is 0.781. The Morgan fingerprint density at radius 1 is 1.50 bits per heavy atom. The van der Waals surface area contributed by atoms with E-state index in [4.69, 9.17) is 0 Å². The van der Waals surface area contributed by atoms with Gasteiger partial charge in [0.1, 0.15) is 6.33 Å². The Morgan fingerprint density at radius 2 is 2.36 bits per heavy atom. The molecule has 0 spiro atoms. The molecule has 0 amide bonds. The SMILES string of the molecule is CNC(C)Cc1ccc2ncnn2c1. The van der Waals surface area contributed by atoms with Crippen molar-refractivity contribution >= 4 is 5.65 Å². The van der Waals surface area contributed by atoms with E-state index in [1.807, 2.05) is 19.3 Å². The first-order valence-corrected chi connectivity index (χ1v) is 4.75. The highest BCUT2D eigenvalue weighted by atomic mass is 15.3. The average Bonchev–Trinajstić information content (AvgIpc) is 2.64. The van der Waals surface area contributed by atoms with Gasteiger partial charge in [-0.05, 0) is 32.0 Å². The molecule has 14 heavy (non-hydrogen) atoms. The topological polar surface area (TPSA) is 42.2 Å². The van der Waals surface area contributed by atoms with Gasteiger partial charge in [0.2, 0.25) is 0 Å². The maximum absolute atomic E-state index is 4.10. The molecule has 0 aromatic carbocycles. The summed E-state index contributed by atoms with van der Waals surface area (Å²) in [7, 11) is 1.97. The van der Waals surface area contributed by atoms with Crippen molar-refractivity contribution in [2.45, 2.75) is 19.4 Å². The fourth-order valence-corrected chi connectivity index (χ4v) is 1.44. The zero-order valence-corrected chi connectivity index (χ0v) is 8.44. The molecule has 2 aromatic heterocycles. The van der Waals surface area contributed by atoms with Crippen molar-refractivity contribution in [1.82, 2.24) is 19.9 Å². The summed E-state index contributed by atoms with van der Waals surface area (Å²) in [4.78, 5) is 4.10. The summed E-state index contributed by atoms with van der Waals surface area (Å²) in [5, 5.41) is 7.31. The summed E-state index contributed by atoms with van der Waals surface area (Å²) in [5.74, 6) is 0. The van der Waals surface area contributed by atoms with Gasteiger partial charge in [0, 0.05) is 12.2 Å². The Morgan fingerprint density at radius 3 is 3.14 bits per heavy atom. The van der Waals surface area contributed by atoms with E-state index in [9.17, 15) is 0 Å². The van der Waals surface area contributed by atoms with Crippen molar-refractivity contribution in [2.24, 2.45) is 0 Å². The van der Waals surface area contributed by atoms with Crippen LogP contribution in [0.5, 0.6) is 0 Å². The summed E-state index contributed by atoms with van der Waals surface area (Å²) in [6.45, 7) is 2.16. The van der Waals surface area contributed by atoms with E-state index < -0.39 is 0 Å². The first kappa shape index (κ1) is 9.15. The molecule has 0 fully saturated rings. The number of pyridine rings is 1. The Labute approximate surface area is 83.0 Å². The summed E-state index contributed by atoms with van der Waals surface area (Å²) in [6.07, 6.45) is 4.60. The van der Waals surface area contributed by atoms with E-state index >= 15 is 0 Å². The normalized spacial score (nSPS) is 13.3. The van der Waals surface area contributed by atoms with Gasteiger partial charge in [0.25, 0.3) is 0 Å². The smallest absolute Gasteiger partial charge is 0.155 e. The van der Waals surface area contributed by atoms with E-state index in [1.54, 1.807) is 10.8 Å². The van der Waals surface area contributed by atoms with E-state index in [0.717, 1.165) is 12.1 Å². The van der Waals surface area contributed by atoms with Crippen LogP contribution in [0.15, 0.2) is 24.7 Å². The number of nitrogens with zero attached hydrogens (tertiary/aromatic N) is 3. The molecule has 74 valence electrons. The molecular formula is C10H14N4. The predicted octanol–water partition coefficient (Wildman–Crippen LogP) is 0.880. The first-order chi connectivity index (χ1) is 6.79. The minimum absolute atomic E-state index is 0.482. The zero-order chi connectivity index (χ0) is 9.97. The Balaban J connectivity index is 2.25. The highest BCUT2D eigenvalue weighted by Gasteiger charge is 2.02. The Bertz CT molecular complexity index is 421. The van der Waals surface area contributed by atoms with Crippen LogP contribution in [0, 0.1) is 0 Å². The van der Waals surface area contributed by atoms with Crippen molar-refractivity contribution in [3.63, 3.8) is 0 Å². The highest BCUT2D eigenvalue weighted by molar-refractivity contribution is 5.37. The molecule has 0 bridgehead atoms. The third-order valence-corrected chi connectivity index (χ3v) is 2.37. The number of hydrogen-bond acceptors (Lipinski definition) is 3. The van der Waals surface area contributed by atoms with Crippen LogP contribution >= 0.6 is 0 Å². The van der Waals surface area contributed by atoms with Gasteiger partial charge in [-0.15, -0.1) is 0 Å². The minimum Gasteiger partial charge on any atom is -0.317 e. The number of fused-ring (bicyclic) bond motifs is 1. The summed E-state index contributed by atoms with van der Waals surface area (Å²) >= 11 is 0. The fraction of sp³-hybridized carbons (Fsp3) is 0.400. The largest absolute Gasteiger partial charge is 0.317 e. The standard InChI is InChI=1S/C10H14N4/c1-8(11-2)5-9-3-4-10-12-7-13-14(10)6-9/h3-4,6-8,11H,5H2,1-2H3. The number of likely N-dealkylation sites (N-methyl/N-ethyl adjacent to an activating group) is 1. The second kappa shape index (κ2) is 3.75. The monoisotopic (exact) mass is 190 g/mol. The number of rotatable bonds is 3. The molecular weight excluding hydrogens is 176 g/mol. The minimum atomic E-state index is 0.482. The highest BCUT2D eigenvalue weighted by Crippen LogP contribution is 2.05. The molecule has 4 heteroatoms. The molecule has 1 N–H and O–H groups in total. The predicted molar refractivity (Wildman–Crippen MR) is 55.2 cm³/mol. The van der Waals surface area contributed by atoms with Gasteiger partial charge in [-0.25, -0.2) is 9.50 Å². The molecule has 0 radical (unpaired) electrons. The first-order valence-electron chi connectivity index (χ1n) is 4.75. The maximum atomic E-state index is 4.10. The van der Waals surface area contributed by atoms with E-state index in [2.05, 4.69) is 28.4 Å². The molecule has 0 aliphatic carbocycles. The molecule has 1 atom stereocenters. The van der Waals surface area contributed by atoms with Gasteiger partial charge in [-0.1, -0.05) is 6.07 Å². The van der Waals surface area contributed by atoms with Crippen LogP contribution in [-0.2, 0) is 6.42 Å². The van der Waals surface area contributed by atoms with Crippen LogP contribution in [0.1, 0.15) is 12.5 Å². The third-order valence-electron chi connectivity index (χ3n) is 2.37. The molecule has 1 unspecified atom stereocenters. The van der Waals surface area contributed by atoms with Crippen molar-refractivity contribution < 1.29 is 0 Å². The van der Waals surface area contributed by atoms with Gasteiger partial charge in [-0.2, -0.15) is 5.10 Å². The summed E-state index contributed by atoms with van der Waals surface area (Å²) in [6, 6.07) is 4.57. The van der Waals surface area contributed by atoms with Gasteiger partial charge in [0.15, 0.2) is 5.65 Å². The number of nitrogens with one attached hydrogen (secondary N) is 1. The van der Waals surface area contributed by atoms with Crippen LogP contribution in [0.25, 0.3) is 5.65 Å². The molecule has 4 nitrogen and oxygen atoms in total. The lowest BCUT2D eigenvalue weighted by atomic mass is 10.1. The van der Waals surface area contributed by atoms with E-state index in [-0.39, 0.29) is 0 Å². The molecule has 0 saturated carbocycles. The van der Waals surface area contributed by atoms with E-state index in [1.165, 1.54) is 5.56 Å². The maximum Gasteiger partial charge on any atom is 0.155 e. The Kier molecular flexibility index (Phi) is 2.45. The molecule has 0 saturated heterocycles. The lowest BCUT2D eigenvalue weighted by molar-refractivity contribution is 0.606. The van der Waals surface area contributed by atoms with E-state index in [0.29, 0.717) is 6.04 Å². The lowest BCUT2D eigenvalue weighted by Gasteiger charge is -2.09. The van der Waals surface area contributed by atoms with Gasteiger partial charge in [0.05, 0.1) is 0 Å². The molecule has 2 heterocycles. The molecule has 0 aliphatic heterocycles.